The van der Waals surface area contributed by atoms with Crippen LogP contribution >= 0.6 is 0 Å². The summed E-state index contributed by atoms with van der Waals surface area (Å²) in [4.78, 5) is 0. The van der Waals surface area contributed by atoms with E-state index in [1.807, 2.05) is 0 Å². The molecule has 2 aliphatic rings. The zero-order valence-corrected chi connectivity index (χ0v) is 16.6. The Morgan fingerprint density at radius 2 is 1.30 bits per heavy atom. The predicted octanol–water partition coefficient (Wildman–Crippen LogP) is -0.565. The van der Waals surface area contributed by atoms with Gasteiger partial charge in [0, 0.05) is 20.6 Å². The second kappa shape index (κ2) is 9.93. The lowest BCUT2D eigenvalue weighted by Crippen LogP contribution is -2.61. The normalized spacial score (nSPS) is 46.0. The molecule has 0 amide bonds. The zero-order valence-electron chi connectivity index (χ0n) is 16.6. The van der Waals surface area contributed by atoms with Gasteiger partial charge in [0.05, 0.1) is 24.4 Å². The molecular weight excluding hydrogens is 356 g/mol. The minimum absolute atomic E-state index is 0.0970. The van der Waals surface area contributed by atoms with Crippen LogP contribution in [0.3, 0.4) is 0 Å². The van der Waals surface area contributed by atoms with Gasteiger partial charge in [-0.05, 0) is 24.7 Å². The summed E-state index contributed by atoms with van der Waals surface area (Å²) in [7, 11) is 2.92. The highest BCUT2D eigenvalue weighted by molar-refractivity contribution is 4.99. The first-order chi connectivity index (χ1) is 12.7. The van der Waals surface area contributed by atoms with Gasteiger partial charge in [0.25, 0.3) is 0 Å². The van der Waals surface area contributed by atoms with Crippen LogP contribution in [0.2, 0.25) is 0 Å². The fraction of sp³-hybridized carbons (Fsp3) is 1.00. The summed E-state index contributed by atoms with van der Waals surface area (Å²) in [5, 5.41) is 51.8. The fourth-order valence-electron chi connectivity index (χ4n) is 4.21. The van der Waals surface area contributed by atoms with Crippen LogP contribution in [0.1, 0.15) is 39.5 Å². The van der Waals surface area contributed by atoms with Crippen molar-refractivity contribution in [1.82, 2.24) is 0 Å². The molecule has 10 atom stereocenters. The Bertz CT molecular complexity index is 445. The number of rotatable bonds is 7. The van der Waals surface area contributed by atoms with Gasteiger partial charge in [-0.2, -0.15) is 0 Å². The Balaban J connectivity index is 2.13. The molecule has 0 aromatic heterocycles. The summed E-state index contributed by atoms with van der Waals surface area (Å²) in [5.41, 5.74) is 0. The number of hydrogen-bond donors (Lipinski definition) is 5. The van der Waals surface area contributed by atoms with E-state index in [-0.39, 0.29) is 12.3 Å². The van der Waals surface area contributed by atoms with Crippen molar-refractivity contribution in [3.05, 3.63) is 0 Å². The maximum atomic E-state index is 10.8. The molecule has 160 valence electrons. The fourth-order valence-corrected chi connectivity index (χ4v) is 4.21. The van der Waals surface area contributed by atoms with Gasteiger partial charge in [-0.15, -0.1) is 0 Å². The van der Waals surface area contributed by atoms with Crippen molar-refractivity contribution in [3.63, 3.8) is 0 Å². The van der Waals surface area contributed by atoms with E-state index in [1.165, 1.54) is 14.2 Å². The molecule has 0 saturated heterocycles. The van der Waals surface area contributed by atoms with E-state index in [9.17, 15) is 25.5 Å². The summed E-state index contributed by atoms with van der Waals surface area (Å²) < 4.78 is 16.5. The highest BCUT2D eigenvalue weighted by atomic mass is 16.6. The smallest absolute Gasteiger partial charge is 0.112 e. The third-order valence-corrected chi connectivity index (χ3v) is 6.05. The van der Waals surface area contributed by atoms with E-state index in [4.69, 9.17) is 14.2 Å². The second-order valence-corrected chi connectivity index (χ2v) is 8.34. The van der Waals surface area contributed by atoms with Crippen LogP contribution in [0.15, 0.2) is 0 Å². The van der Waals surface area contributed by atoms with Gasteiger partial charge < -0.3 is 39.7 Å². The number of aliphatic hydroxyl groups excluding tert-OH is 5. The Morgan fingerprint density at radius 3 is 1.85 bits per heavy atom. The van der Waals surface area contributed by atoms with Gasteiger partial charge >= 0.3 is 0 Å². The predicted molar refractivity (Wildman–Crippen MR) is 97.1 cm³/mol. The molecule has 0 radical (unpaired) electrons. The maximum absolute atomic E-state index is 10.8. The molecule has 2 fully saturated rings. The van der Waals surface area contributed by atoms with Gasteiger partial charge in [0.1, 0.15) is 30.5 Å². The number of hydrogen-bond acceptors (Lipinski definition) is 8. The Hall–Kier alpha value is -0.320. The van der Waals surface area contributed by atoms with Gasteiger partial charge in [0.15, 0.2) is 0 Å². The first-order valence-corrected chi connectivity index (χ1v) is 9.82. The quantitative estimate of drug-likeness (QED) is 0.390. The van der Waals surface area contributed by atoms with Crippen LogP contribution in [0.25, 0.3) is 0 Å². The lowest BCUT2D eigenvalue weighted by atomic mass is 9.77. The molecule has 2 rings (SSSR count). The van der Waals surface area contributed by atoms with Crippen LogP contribution in [0.5, 0.6) is 0 Å². The molecule has 0 aromatic carbocycles. The van der Waals surface area contributed by atoms with Crippen LogP contribution < -0.4 is 0 Å². The Labute approximate surface area is 161 Å². The van der Waals surface area contributed by atoms with E-state index in [0.29, 0.717) is 12.3 Å². The molecular formula is C19H36O8. The molecule has 5 N–H and O–H groups in total. The average Bonchev–Trinajstić information content (AvgIpc) is 2.64. The van der Waals surface area contributed by atoms with E-state index in [2.05, 4.69) is 13.8 Å². The Morgan fingerprint density at radius 1 is 0.741 bits per heavy atom. The van der Waals surface area contributed by atoms with E-state index in [0.717, 1.165) is 12.8 Å². The van der Waals surface area contributed by atoms with Gasteiger partial charge in [0.2, 0.25) is 0 Å². The molecule has 0 spiro atoms. The molecule has 8 nitrogen and oxygen atoms in total. The van der Waals surface area contributed by atoms with Crippen LogP contribution in [-0.2, 0) is 14.2 Å². The minimum Gasteiger partial charge on any atom is -0.390 e. The zero-order chi connectivity index (χ0) is 20.3. The van der Waals surface area contributed by atoms with E-state index >= 15 is 0 Å². The summed E-state index contributed by atoms with van der Waals surface area (Å²) in [6.45, 7) is 4.23. The molecule has 0 heterocycles. The third-order valence-electron chi connectivity index (χ3n) is 6.05. The molecule has 1 unspecified atom stereocenters. The van der Waals surface area contributed by atoms with Crippen molar-refractivity contribution in [3.8, 4) is 0 Å². The monoisotopic (exact) mass is 392 g/mol. The summed E-state index contributed by atoms with van der Waals surface area (Å²) in [6.07, 6.45) is -6.62. The topological polar surface area (TPSA) is 129 Å². The lowest BCUT2D eigenvalue weighted by molar-refractivity contribution is -0.248. The summed E-state index contributed by atoms with van der Waals surface area (Å²) >= 11 is 0. The lowest BCUT2D eigenvalue weighted by Gasteiger charge is -2.46. The first-order valence-electron chi connectivity index (χ1n) is 9.82. The van der Waals surface area contributed by atoms with Crippen molar-refractivity contribution in [2.24, 2.45) is 11.8 Å². The highest BCUT2D eigenvalue weighted by Gasteiger charge is 2.49. The molecule has 27 heavy (non-hydrogen) atoms. The largest absolute Gasteiger partial charge is 0.390 e. The molecule has 0 bridgehead atoms. The highest BCUT2D eigenvalue weighted by Crippen LogP contribution is 2.35. The minimum atomic E-state index is -1.43. The van der Waals surface area contributed by atoms with Gasteiger partial charge in [-0.25, -0.2) is 0 Å². The van der Waals surface area contributed by atoms with E-state index < -0.39 is 54.9 Å². The number of methoxy groups -OCH3 is 2. The molecule has 8 heteroatoms. The van der Waals surface area contributed by atoms with Crippen molar-refractivity contribution in [2.75, 3.05) is 14.2 Å². The van der Waals surface area contributed by atoms with Crippen molar-refractivity contribution < 1.29 is 39.7 Å². The maximum Gasteiger partial charge on any atom is 0.112 e. The Kier molecular flexibility index (Phi) is 8.45. The molecule has 0 aliphatic heterocycles. The standard InChI is InChI=1S/C19H36O8/c1-9(2)5-6-10-7-11(25-3)17(23)19(14(10)20)27-13-8-12(26-4)15(21)18(24)16(13)22/h9-24H,5-8H2,1-4H3/t10-,11+,12+,13?,14+,15+,16+,17+,18+,19-/m1/s1. The first kappa shape index (κ1) is 23.0. The second-order valence-electron chi connectivity index (χ2n) is 8.34. The average molecular weight is 392 g/mol. The van der Waals surface area contributed by atoms with Gasteiger partial charge in [-0.1, -0.05) is 20.3 Å². The molecule has 2 saturated carbocycles. The van der Waals surface area contributed by atoms with Crippen molar-refractivity contribution in [2.45, 2.75) is 94.5 Å². The van der Waals surface area contributed by atoms with Crippen LogP contribution in [0, 0.1) is 11.8 Å². The van der Waals surface area contributed by atoms with Crippen molar-refractivity contribution in [1.29, 1.82) is 0 Å². The summed E-state index contributed by atoms with van der Waals surface area (Å²) in [6, 6.07) is 0. The van der Waals surface area contributed by atoms with Crippen LogP contribution in [-0.4, -0.2) is 94.7 Å². The number of ether oxygens (including phenoxy) is 3. The number of aliphatic hydroxyl groups is 5. The van der Waals surface area contributed by atoms with Gasteiger partial charge in [-0.3, -0.25) is 0 Å². The van der Waals surface area contributed by atoms with Crippen LogP contribution in [0.4, 0.5) is 0 Å². The SMILES string of the molecule is CO[C@H]1CC(O[C@H]2[C@@H](O)[C@@H](OC)C[C@@H](CCC(C)C)[C@@H]2O)[C@H](O)[C@@H](O)[C@H]1O. The van der Waals surface area contributed by atoms with E-state index in [1.54, 1.807) is 0 Å². The summed E-state index contributed by atoms with van der Waals surface area (Å²) in [5.74, 6) is 0.392. The third kappa shape index (κ3) is 5.19. The van der Waals surface area contributed by atoms with Crippen molar-refractivity contribution >= 4 is 0 Å². The molecule has 0 aromatic rings. The molecule has 2 aliphatic carbocycles.